The zero-order chi connectivity index (χ0) is 13.2. The van der Waals surface area contributed by atoms with Gasteiger partial charge in [0.1, 0.15) is 5.75 Å². The van der Waals surface area contributed by atoms with E-state index in [0.29, 0.717) is 16.5 Å². The number of methoxy groups -OCH3 is 1. The van der Waals surface area contributed by atoms with Crippen LogP contribution in [-0.4, -0.2) is 14.2 Å². The molecule has 1 atom stereocenters. The first-order valence-electron chi connectivity index (χ1n) is 6.61. The van der Waals surface area contributed by atoms with Crippen LogP contribution in [-0.2, 0) is 0 Å². The van der Waals surface area contributed by atoms with Crippen LogP contribution in [0.5, 0.6) is 5.75 Å². The molecule has 0 radical (unpaired) electrons. The fraction of sp³-hybridized carbons (Fsp3) is 0.600. The smallest absolute Gasteiger partial charge is 0.137 e. The van der Waals surface area contributed by atoms with Crippen LogP contribution in [0.4, 0.5) is 0 Å². The maximum Gasteiger partial charge on any atom is 0.137 e. The van der Waals surface area contributed by atoms with Gasteiger partial charge in [0, 0.05) is 6.04 Å². The zero-order valence-corrected chi connectivity index (χ0v) is 12.2. The third-order valence-electron chi connectivity index (χ3n) is 4.24. The Hall–Kier alpha value is -0.730. The van der Waals surface area contributed by atoms with Crippen LogP contribution in [0.1, 0.15) is 44.2 Å². The molecule has 2 rings (SSSR count). The highest BCUT2D eigenvalue weighted by Crippen LogP contribution is 2.47. The Morgan fingerprint density at radius 3 is 2.56 bits per heavy atom. The van der Waals surface area contributed by atoms with Gasteiger partial charge in [0.05, 0.1) is 12.1 Å². The van der Waals surface area contributed by atoms with Gasteiger partial charge in [-0.05, 0) is 43.0 Å². The number of hydrogen-bond acceptors (Lipinski definition) is 2. The third-order valence-corrected chi connectivity index (χ3v) is 4.55. The van der Waals surface area contributed by atoms with Gasteiger partial charge in [-0.15, -0.1) is 0 Å². The molecule has 0 aromatic heterocycles. The summed E-state index contributed by atoms with van der Waals surface area (Å²) < 4.78 is 5.32. The minimum absolute atomic E-state index is 0.341. The van der Waals surface area contributed by atoms with Crippen molar-refractivity contribution < 1.29 is 4.74 Å². The van der Waals surface area contributed by atoms with Crippen molar-refractivity contribution in [2.45, 2.75) is 38.6 Å². The third kappa shape index (κ3) is 2.50. The van der Waals surface area contributed by atoms with Gasteiger partial charge >= 0.3 is 0 Å². The average Bonchev–Trinajstić information content (AvgIpc) is 2.80. The maximum absolute atomic E-state index is 6.09. The van der Waals surface area contributed by atoms with Crippen molar-refractivity contribution in [2.75, 3.05) is 14.2 Å². The standard InChI is InChI=1S/C15H22ClNO/c1-15(8-4-5-9-15)14(17-2)11-6-7-12(16)13(10-11)18-3/h6-7,10,14,17H,4-5,8-9H2,1-3H3. The number of halogens is 1. The summed E-state index contributed by atoms with van der Waals surface area (Å²) in [5.74, 6) is 0.760. The van der Waals surface area contributed by atoms with E-state index in [4.69, 9.17) is 16.3 Å². The average molecular weight is 268 g/mol. The predicted molar refractivity (Wildman–Crippen MR) is 76.4 cm³/mol. The normalized spacial score (nSPS) is 19.8. The fourth-order valence-corrected chi connectivity index (χ4v) is 3.44. The predicted octanol–water partition coefficient (Wildman–Crippen LogP) is 4.19. The molecule has 0 saturated heterocycles. The molecule has 0 bridgehead atoms. The van der Waals surface area contributed by atoms with Crippen LogP contribution >= 0.6 is 11.6 Å². The molecule has 1 unspecified atom stereocenters. The number of rotatable bonds is 4. The molecule has 1 aliphatic rings. The van der Waals surface area contributed by atoms with E-state index >= 15 is 0 Å². The highest BCUT2D eigenvalue weighted by atomic mass is 35.5. The highest BCUT2D eigenvalue weighted by Gasteiger charge is 2.37. The first kappa shape index (κ1) is 13.7. The summed E-state index contributed by atoms with van der Waals surface area (Å²) in [5.41, 5.74) is 1.61. The van der Waals surface area contributed by atoms with E-state index in [-0.39, 0.29) is 0 Å². The van der Waals surface area contributed by atoms with Gasteiger partial charge < -0.3 is 10.1 Å². The van der Waals surface area contributed by atoms with Crippen molar-refractivity contribution in [3.05, 3.63) is 28.8 Å². The molecule has 1 saturated carbocycles. The second-order valence-corrected chi connectivity index (χ2v) is 5.88. The molecule has 3 heteroatoms. The molecular weight excluding hydrogens is 246 g/mol. The van der Waals surface area contributed by atoms with Crippen LogP contribution in [0, 0.1) is 5.41 Å². The molecule has 1 fully saturated rings. The van der Waals surface area contributed by atoms with Gasteiger partial charge in [-0.25, -0.2) is 0 Å². The first-order valence-corrected chi connectivity index (χ1v) is 6.99. The van der Waals surface area contributed by atoms with Gasteiger partial charge in [-0.2, -0.15) is 0 Å². The summed E-state index contributed by atoms with van der Waals surface area (Å²) in [4.78, 5) is 0. The van der Waals surface area contributed by atoms with Crippen molar-refractivity contribution in [3.63, 3.8) is 0 Å². The molecule has 2 nitrogen and oxygen atoms in total. The molecule has 1 aromatic rings. The Kier molecular flexibility index (Phi) is 4.18. The lowest BCUT2D eigenvalue weighted by Gasteiger charge is -2.34. The lowest BCUT2D eigenvalue weighted by Crippen LogP contribution is -2.32. The summed E-state index contributed by atoms with van der Waals surface area (Å²) in [6.45, 7) is 2.38. The summed E-state index contributed by atoms with van der Waals surface area (Å²) >= 11 is 6.09. The van der Waals surface area contributed by atoms with E-state index < -0.39 is 0 Å². The molecule has 0 amide bonds. The van der Waals surface area contributed by atoms with Crippen LogP contribution in [0.2, 0.25) is 5.02 Å². The van der Waals surface area contributed by atoms with Gasteiger partial charge in [-0.1, -0.05) is 37.4 Å². The minimum atomic E-state index is 0.341. The molecular formula is C15H22ClNO. The van der Waals surface area contributed by atoms with Gasteiger partial charge in [-0.3, -0.25) is 0 Å². The van der Waals surface area contributed by atoms with E-state index in [0.717, 1.165) is 5.75 Å². The van der Waals surface area contributed by atoms with Gasteiger partial charge in [0.2, 0.25) is 0 Å². The van der Waals surface area contributed by atoms with Crippen molar-refractivity contribution in [1.82, 2.24) is 5.32 Å². The second-order valence-electron chi connectivity index (χ2n) is 5.48. The molecule has 100 valence electrons. The lowest BCUT2D eigenvalue weighted by molar-refractivity contribution is 0.233. The van der Waals surface area contributed by atoms with Crippen LogP contribution in [0.15, 0.2) is 18.2 Å². The number of ether oxygens (including phenoxy) is 1. The highest BCUT2D eigenvalue weighted by molar-refractivity contribution is 6.32. The fourth-order valence-electron chi connectivity index (χ4n) is 3.24. The maximum atomic E-state index is 6.09. The van der Waals surface area contributed by atoms with Crippen LogP contribution in [0.3, 0.4) is 0 Å². The molecule has 1 aromatic carbocycles. The Bertz CT molecular complexity index is 413. The monoisotopic (exact) mass is 267 g/mol. The number of nitrogens with one attached hydrogen (secondary N) is 1. The van der Waals surface area contributed by atoms with E-state index in [1.807, 2.05) is 13.1 Å². The van der Waals surface area contributed by atoms with E-state index in [2.05, 4.69) is 24.4 Å². The molecule has 1 N–H and O–H groups in total. The Morgan fingerprint density at radius 1 is 1.33 bits per heavy atom. The zero-order valence-electron chi connectivity index (χ0n) is 11.4. The Morgan fingerprint density at radius 2 is 2.00 bits per heavy atom. The largest absolute Gasteiger partial charge is 0.495 e. The quantitative estimate of drug-likeness (QED) is 0.883. The van der Waals surface area contributed by atoms with Crippen LogP contribution < -0.4 is 10.1 Å². The van der Waals surface area contributed by atoms with Crippen molar-refractivity contribution >= 4 is 11.6 Å². The Balaban J connectivity index is 2.32. The Labute approximate surface area is 115 Å². The number of hydrogen-bond donors (Lipinski definition) is 1. The molecule has 1 aliphatic carbocycles. The minimum Gasteiger partial charge on any atom is -0.495 e. The summed E-state index contributed by atoms with van der Waals surface area (Å²) in [7, 11) is 3.70. The summed E-state index contributed by atoms with van der Waals surface area (Å²) in [6.07, 6.45) is 5.23. The molecule has 0 heterocycles. The van der Waals surface area contributed by atoms with Crippen LogP contribution in [0.25, 0.3) is 0 Å². The molecule has 18 heavy (non-hydrogen) atoms. The SMILES string of the molecule is CNC(c1ccc(Cl)c(OC)c1)C1(C)CCCC1. The van der Waals surface area contributed by atoms with Crippen molar-refractivity contribution in [1.29, 1.82) is 0 Å². The molecule has 0 spiro atoms. The molecule has 0 aliphatic heterocycles. The van der Waals surface area contributed by atoms with Gasteiger partial charge in [0.15, 0.2) is 0 Å². The second kappa shape index (κ2) is 5.50. The van der Waals surface area contributed by atoms with E-state index in [9.17, 15) is 0 Å². The number of benzene rings is 1. The van der Waals surface area contributed by atoms with Crippen molar-refractivity contribution in [2.24, 2.45) is 5.41 Å². The van der Waals surface area contributed by atoms with Crippen molar-refractivity contribution in [3.8, 4) is 5.75 Å². The van der Waals surface area contributed by atoms with Gasteiger partial charge in [0.25, 0.3) is 0 Å². The topological polar surface area (TPSA) is 21.3 Å². The first-order chi connectivity index (χ1) is 8.60. The summed E-state index contributed by atoms with van der Waals surface area (Å²) in [5, 5.41) is 4.15. The van der Waals surface area contributed by atoms with E-state index in [1.165, 1.54) is 31.2 Å². The lowest BCUT2D eigenvalue weighted by atomic mass is 9.77. The summed E-state index contributed by atoms with van der Waals surface area (Å²) in [6, 6.07) is 6.47. The van der Waals surface area contributed by atoms with E-state index in [1.54, 1.807) is 7.11 Å².